The van der Waals surface area contributed by atoms with Gasteiger partial charge in [0.1, 0.15) is 5.75 Å². The highest BCUT2D eigenvalue weighted by Gasteiger charge is 2.33. The number of thioether (sulfide) groups is 2. The fourth-order valence-electron chi connectivity index (χ4n) is 2.41. The van der Waals surface area contributed by atoms with Gasteiger partial charge in [-0.3, -0.25) is 0 Å². The van der Waals surface area contributed by atoms with Crippen molar-refractivity contribution in [2.75, 3.05) is 7.11 Å². The van der Waals surface area contributed by atoms with Gasteiger partial charge in [-0.25, -0.2) is 0 Å². The molecule has 0 saturated heterocycles. The monoisotopic (exact) mass is 396 g/mol. The maximum absolute atomic E-state index is 6.09. The molecule has 0 aliphatic rings. The van der Waals surface area contributed by atoms with Gasteiger partial charge < -0.3 is 4.74 Å². The van der Waals surface area contributed by atoms with Crippen LogP contribution in [0.3, 0.4) is 0 Å². The van der Waals surface area contributed by atoms with E-state index in [4.69, 9.17) is 22.8 Å². The van der Waals surface area contributed by atoms with Crippen LogP contribution in [0.1, 0.15) is 5.56 Å². The summed E-state index contributed by atoms with van der Waals surface area (Å²) in [5.41, 5.74) is 1.04. The lowest BCUT2D eigenvalue weighted by atomic mass is 10.1. The van der Waals surface area contributed by atoms with Crippen LogP contribution < -0.4 is 4.74 Å². The second kappa shape index (κ2) is 8.60. The normalized spacial score (nSPS) is 12.8. The molecule has 3 aromatic rings. The Hall–Kier alpha value is -1.99. The molecule has 1 unspecified atom stereocenters. The third kappa shape index (κ3) is 4.40. The van der Waals surface area contributed by atoms with Crippen LogP contribution in [0.5, 0.6) is 5.75 Å². The summed E-state index contributed by atoms with van der Waals surface area (Å²) in [4.78, 5) is 2.18. The highest BCUT2D eigenvalue weighted by molar-refractivity contribution is 8.17. The molecule has 0 amide bonds. The first-order valence-corrected chi connectivity index (χ1v) is 9.97. The zero-order valence-corrected chi connectivity index (χ0v) is 16.6. The molecule has 0 aliphatic carbocycles. The molecule has 0 aromatic heterocycles. The maximum atomic E-state index is 6.09. The van der Waals surface area contributed by atoms with Gasteiger partial charge in [-0.2, -0.15) is 0 Å². The summed E-state index contributed by atoms with van der Waals surface area (Å²) >= 11 is 9.32. The standard InChI is InChI=1S/C22H17ClOS2/c1-3-22(25-20-7-5-4-6-8-20,17-9-13-19(24-2)14-10-17)26-21-15-11-18(23)12-16-21/h1,4-16H,2H3. The first-order chi connectivity index (χ1) is 12.6. The first-order valence-electron chi connectivity index (χ1n) is 7.96. The van der Waals surface area contributed by atoms with Crippen LogP contribution in [-0.2, 0) is 4.08 Å². The van der Waals surface area contributed by atoms with E-state index in [0.29, 0.717) is 5.02 Å². The van der Waals surface area contributed by atoms with E-state index in [0.717, 1.165) is 21.1 Å². The summed E-state index contributed by atoms with van der Waals surface area (Å²) in [6.07, 6.45) is 6.09. The SMILES string of the molecule is C#CC(Sc1ccccc1)(Sc1ccc(Cl)cc1)c1ccc(OC)cc1. The number of terminal acetylenes is 1. The average molecular weight is 397 g/mol. The second-order valence-electron chi connectivity index (χ2n) is 5.46. The van der Waals surface area contributed by atoms with E-state index in [9.17, 15) is 0 Å². The van der Waals surface area contributed by atoms with Gasteiger partial charge in [-0.15, -0.1) is 6.42 Å². The Balaban J connectivity index is 2.03. The van der Waals surface area contributed by atoms with Crippen molar-refractivity contribution in [1.29, 1.82) is 0 Å². The number of hydrogen-bond acceptors (Lipinski definition) is 3. The minimum Gasteiger partial charge on any atom is -0.497 e. The van der Waals surface area contributed by atoms with E-state index in [1.807, 2.05) is 66.7 Å². The van der Waals surface area contributed by atoms with Crippen molar-refractivity contribution in [3.8, 4) is 18.1 Å². The average Bonchev–Trinajstić information content (AvgIpc) is 2.70. The van der Waals surface area contributed by atoms with Crippen LogP contribution in [0.2, 0.25) is 5.02 Å². The van der Waals surface area contributed by atoms with Gasteiger partial charge in [0.15, 0.2) is 4.08 Å². The lowest BCUT2D eigenvalue weighted by Gasteiger charge is -2.28. The molecule has 1 nitrogen and oxygen atoms in total. The van der Waals surface area contributed by atoms with E-state index < -0.39 is 4.08 Å². The summed E-state index contributed by atoms with van der Waals surface area (Å²) in [5.74, 6) is 3.84. The Morgan fingerprint density at radius 1 is 0.846 bits per heavy atom. The highest BCUT2D eigenvalue weighted by Crippen LogP contribution is 2.52. The highest BCUT2D eigenvalue weighted by atomic mass is 35.5. The van der Waals surface area contributed by atoms with Gasteiger partial charge >= 0.3 is 0 Å². The van der Waals surface area contributed by atoms with Crippen molar-refractivity contribution in [3.05, 3.63) is 89.4 Å². The van der Waals surface area contributed by atoms with Crippen molar-refractivity contribution in [2.24, 2.45) is 0 Å². The first kappa shape index (κ1) is 18.8. The molecule has 4 heteroatoms. The summed E-state index contributed by atoms with van der Waals surface area (Å²) in [6.45, 7) is 0. The summed E-state index contributed by atoms with van der Waals surface area (Å²) in [6, 6.07) is 25.9. The van der Waals surface area contributed by atoms with Crippen LogP contribution >= 0.6 is 35.1 Å². The third-order valence-electron chi connectivity index (χ3n) is 3.74. The molecule has 0 radical (unpaired) electrons. The molecule has 130 valence electrons. The predicted octanol–water partition coefficient (Wildman–Crippen LogP) is 6.72. The molecule has 0 N–H and O–H groups in total. The smallest absolute Gasteiger partial charge is 0.156 e. The van der Waals surface area contributed by atoms with Gasteiger partial charge in [-0.1, -0.05) is 71.4 Å². The van der Waals surface area contributed by atoms with Gasteiger partial charge in [-0.05, 0) is 54.1 Å². The molecule has 0 fully saturated rings. The Morgan fingerprint density at radius 3 is 1.96 bits per heavy atom. The molecule has 0 bridgehead atoms. The Bertz CT molecular complexity index is 886. The molecular weight excluding hydrogens is 380 g/mol. The fourth-order valence-corrected chi connectivity index (χ4v) is 5.14. The Kier molecular flexibility index (Phi) is 6.21. The van der Waals surface area contributed by atoms with Crippen molar-refractivity contribution in [2.45, 2.75) is 13.9 Å². The second-order valence-corrected chi connectivity index (χ2v) is 8.73. The summed E-state index contributed by atoms with van der Waals surface area (Å²) in [7, 11) is 1.66. The molecule has 0 heterocycles. The van der Waals surface area contributed by atoms with E-state index >= 15 is 0 Å². The fraction of sp³-hybridized carbons (Fsp3) is 0.0909. The topological polar surface area (TPSA) is 9.23 Å². The molecular formula is C22H17ClOS2. The van der Waals surface area contributed by atoms with Crippen LogP contribution in [0, 0.1) is 12.3 Å². The van der Waals surface area contributed by atoms with Gasteiger partial charge in [0, 0.05) is 14.8 Å². The number of hydrogen-bond donors (Lipinski definition) is 0. The lowest BCUT2D eigenvalue weighted by molar-refractivity contribution is 0.414. The van der Waals surface area contributed by atoms with Crippen LogP contribution in [0.25, 0.3) is 0 Å². The molecule has 3 rings (SSSR count). The third-order valence-corrected chi connectivity index (χ3v) is 6.79. The molecule has 1 atom stereocenters. The van der Waals surface area contributed by atoms with Gasteiger partial charge in [0.2, 0.25) is 0 Å². The lowest BCUT2D eigenvalue weighted by Crippen LogP contribution is -2.15. The Morgan fingerprint density at radius 2 is 1.42 bits per heavy atom. The van der Waals surface area contributed by atoms with E-state index in [2.05, 4.69) is 18.1 Å². The minimum absolute atomic E-state index is 0.610. The number of benzene rings is 3. The van der Waals surface area contributed by atoms with Crippen molar-refractivity contribution < 1.29 is 4.74 Å². The van der Waals surface area contributed by atoms with E-state index in [-0.39, 0.29) is 0 Å². The quantitative estimate of drug-likeness (QED) is 0.260. The largest absolute Gasteiger partial charge is 0.497 e. The van der Waals surface area contributed by atoms with Crippen molar-refractivity contribution >= 4 is 35.1 Å². The molecule has 0 saturated carbocycles. The van der Waals surface area contributed by atoms with Crippen molar-refractivity contribution in [3.63, 3.8) is 0 Å². The van der Waals surface area contributed by atoms with Crippen LogP contribution in [0.4, 0.5) is 0 Å². The van der Waals surface area contributed by atoms with Crippen LogP contribution in [0.15, 0.2) is 88.7 Å². The maximum Gasteiger partial charge on any atom is 0.156 e. The van der Waals surface area contributed by atoms with E-state index in [1.165, 1.54) is 0 Å². The number of halogens is 1. The minimum atomic E-state index is -0.610. The number of methoxy groups -OCH3 is 1. The molecule has 0 spiro atoms. The van der Waals surface area contributed by atoms with E-state index in [1.54, 1.807) is 30.6 Å². The summed E-state index contributed by atoms with van der Waals surface area (Å²) in [5, 5.41) is 0.709. The zero-order chi connectivity index (χ0) is 18.4. The van der Waals surface area contributed by atoms with Crippen LogP contribution in [-0.4, -0.2) is 7.11 Å². The number of rotatable bonds is 6. The van der Waals surface area contributed by atoms with Gasteiger partial charge in [0.25, 0.3) is 0 Å². The van der Waals surface area contributed by atoms with Gasteiger partial charge in [0.05, 0.1) is 7.11 Å². The predicted molar refractivity (Wildman–Crippen MR) is 113 cm³/mol. The number of ether oxygens (including phenoxy) is 1. The Labute approximate surface area is 168 Å². The molecule has 3 aromatic carbocycles. The molecule has 0 aliphatic heterocycles. The summed E-state index contributed by atoms with van der Waals surface area (Å²) < 4.78 is 4.68. The molecule has 26 heavy (non-hydrogen) atoms. The zero-order valence-electron chi connectivity index (χ0n) is 14.2. The van der Waals surface area contributed by atoms with Crippen molar-refractivity contribution in [1.82, 2.24) is 0 Å².